The van der Waals surface area contributed by atoms with Crippen LogP contribution in [0.1, 0.15) is 24.3 Å². The van der Waals surface area contributed by atoms with Gasteiger partial charge in [0.15, 0.2) is 0 Å². The Bertz CT molecular complexity index is 838. The van der Waals surface area contributed by atoms with Gasteiger partial charge in [-0.05, 0) is 26.0 Å². The van der Waals surface area contributed by atoms with E-state index in [-0.39, 0.29) is 11.6 Å². The van der Waals surface area contributed by atoms with Crippen molar-refractivity contribution < 1.29 is 4.79 Å². The third-order valence-corrected chi connectivity index (χ3v) is 3.84. The Morgan fingerprint density at radius 2 is 1.83 bits per heavy atom. The summed E-state index contributed by atoms with van der Waals surface area (Å²) in [6, 6.07) is 9.48. The van der Waals surface area contributed by atoms with Crippen LogP contribution in [0.2, 0.25) is 0 Å². The molecule has 0 aliphatic rings. The van der Waals surface area contributed by atoms with Gasteiger partial charge in [-0.3, -0.25) is 9.78 Å². The lowest BCUT2D eigenvalue weighted by molar-refractivity contribution is 0.102. The van der Waals surface area contributed by atoms with Gasteiger partial charge < -0.3 is 10.2 Å². The van der Waals surface area contributed by atoms with Gasteiger partial charge in [0.2, 0.25) is 0 Å². The summed E-state index contributed by atoms with van der Waals surface area (Å²) in [6.45, 7) is 5.80. The molecule has 0 spiro atoms. The van der Waals surface area contributed by atoms with Crippen molar-refractivity contribution in [3.05, 3.63) is 54.6 Å². The predicted molar refractivity (Wildman–Crippen MR) is 95.3 cm³/mol. The molecule has 6 heteroatoms. The topological polar surface area (TPSA) is 71.0 Å². The van der Waals surface area contributed by atoms with E-state index in [0.717, 1.165) is 29.8 Å². The van der Waals surface area contributed by atoms with Crippen molar-refractivity contribution in [3.8, 4) is 0 Å². The molecule has 0 radical (unpaired) electrons. The average Bonchev–Trinajstić information content (AvgIpc) is 2.63. The van der Waals surface area contributed by atoms with E-state index in [1.54, 1.807) is 12.4 Å². The van der Waals surface area contributed by atoms with Crippen molar-refractivity contribution >= 4 is 28.3 Å². The summed E-state index contributed by atoms with van der Waals surface area (Å²) in [5.41, 5.74) is 1.69. The largest absolute Gasteiger partial charge is 0.356 e. The van der Waals surface area contributed by atoms with Gasteiger partial charge in [0, 0.05) is 24.7 Å². The molecule has 122 valence electrons. The number of anilines is 2. The fraction of sp³-hybridized carbons (Fsp3) is 0.222. The number of fused-ring (bicyclic) bond motifs is 1. The molecule has 0 saturated carbocycles. The molecule has 24 heavy (non-hydrogen) atoms. The first-order chi connectivity index (χ1) is 11.7. The number of hydrogen-bond donors (Lipinski definition) is 1. The maximum atomic E-state index is 12.4. The summed E-state index contributed by atoms with van der Waals surface area (Å²) in [4.78, 5) is 27.4. The van der Waals surface area contributed by atoms with Crippen LogP contribution in [0.5, 0.6) is 0 Å². The first-order valence-electron chi connectivity index (χ1n) is 7.95. The monoisotopic (exact) mass is 321 g/mol. The maximum Gasteiger partial charge on any atom is 0.275 e. The average molecular weight is 321 g/mol. The van der Waals surface area contributed by atoms with Crippen LogP contribution in [0.4, 0.5) is 11.5 Å². The molecule has 6 nitrogen and oxygen atoms in total. The molecule has 2 aromatic heterocycles. The van der Waals surface area contributed by atoms with E-state index < -0.39 is 0 Å². The number of nitrogens with zero attached hydrogens (tertiary/aromatic N) is 4. The fourth-order valence-electron chi connectivity index (χ4n) is 2.54. The number of rotatable bonds is 5. The Labute approximate surface area is 140 Å². The number of benzene rings is 1. The van der Waals surface area contributed by atoms with Crippen LogP contribution in [-0.2, 0) is 0 Å². The Hall–Kier alpha value is -3.02. The van der Waals surface area contributed by atoms with Gasteiger partial charge in [0.1, 0.15) is 11.5 Å². The minimum Gasteiger partial charge on any atom is -0.356 e. The third-order valence-electron chi connectivity index (χ3n) is 3.84. The standard InChI is InChI=1S/C18H19N5O/c1-3-23(4-2)16-12-20-15(11-21-16)18(24)22-14-9-5-7-13-8-6-10-19-17(13)14/h5-12H,3-4H2,1-2H3,(H,22,24). The van der Waals surface area contributed by atoms with Crippen LogP contribution in [0.3, 0.4) is 0 Å². The van der Waals surface area contributed by atoms with Crippen LogP contribution in [0.25, 0.3) is 10.9 Å². The molecular weight excluding hydrogens is 302 g/mol. The molecule has 0 bridgehead atoms. The first-order valence-corrected chi connectivity index (χ1v) is 7.95. The van der Waals surface area contributed by atoms with Gasteiger partial charge in [-0.1, -0.05) is 18.2 Å². The van der Waals surface area contributed by atoms with E-state index in [2.05, 4.69) is 39.0 Å². The molecule has 0 aliphatic carbocycles. The zero-order valence-corrected chi connectivity index (χ0v) is 13.7. The van der Waals surface area contributed by atoms with Crippen molar-refractivity contribution in [2.45, 2.75) is 13.8 Å². The van der Waals surface area contributed by atoms with Crippen LogP contribution in [0, 0.1) is 0 Å². The van der Waals surface area contributed by atoms with E-state index in [4.69, 9.17) is 0 Å². The zero-order chi connectivity index (χ0) is 16.9. The van der Waals surface area contributed by atoms with Gasteiger partial charge in [0.05, 0.1) is 23.6 Å². The quantitative estimate of drug-likeness (QED) is 0.782. The second-order valence-electron chi connectivity index (χ2n) is 5.27. The van der Waals surface area contributed by atoms with Gasteiger partial charge in [-0.2, -0.15) is 0 Å². The first kappa shape index (κ1) is 15.9. The van der Waals surface area contributed by atoms with Crippen LogP contribution < -0.4 is 10.2 Å². The number of hydrogen-bond acceptors (Lipinski definition) is 5. The summed E-state index contributed by atoms with van der Waals surface area (Å²) in [7, 11) is 0. The van der Waals surface area contributed by atoms with E-state index in [9.17, 15) is 4.79 Å². The van der Waals surface area contributed by atoms with Crippen LogP contribution in [0.15, 0.2) is 48.9 Å². The lowest BCUT2D eigenvalue weighted by atomic mass is 10.2. The van der Waals surface area contributed by atoms with Crippen molar-refractivity contribution in [3.63, 3.8) is 0 Å². The summed E-state index contributed by atoms with van der Waals surface area (Å²) >= 11 is 0. The summed E-state index contributed by atoms with van der Waals surface area (Å²) in [5, 5.41) is 3.83. The second kappa shape index (κ2) is 7.04. The number of carbonyl (C=O) groups excluding carboxylic acids is 1. The van der Waals surface area contributed by atoms with E-state index >= 15 is 0 Å². The van der Waals surface area contributed by atoms with Crippen molar-refractivity contribution in [1.29, 1.82) is 0 Å². The molecule has 0 atom stereocenters. The smallest absolute Gasteiger partial charge is 0.275 e. The molecule has 0 unspecified atom stereocenters. The zero-order valence-electron chi connectivity index (χ0n) is 13.7. The van der Waals surface area contributed by atoms with Crippen molar-refractivity contribution in [1.82, 2.24) is 15.0 Å². The summed E-state index contributed by atoms with van der Waals surface area (Å²) < 4.78 is 0. The van der Waals surface area contributed by atoms with E-state index in [0.29, 0.717) is 5.69 Å². The fourth-order valence-corrected chi connectivity index (χ4v) is 2.54. The van der Waals surface area contributed by atoms with Gasteiger partial charge in [0.25, 0.3) is 5.91 Å². The maximum absolute atomic E-state index is 12.4. The highest BCUT2D eigenvalue weighted by Gasteiger charge is 2.12. The van der Waals surface area contributed by atoms with Crippen molar-refractivity contribution in [2.24, 2.45) is 0 Å². The third kappa shape index (κ3) is 3.17. The minimum absolute atomic E-state index is 0.277. The number of carbonyl (C=O) groups is 1. The van der Waals surface area contributed by atoms with Crippen LogP contribution in [-0.4, -0.2) is 33.9 Å². The Balaban J connectivity index is 1.82. The molecule has 2 heterocycles. The molecule has 1 amide bonds. The summed E-state index contributed by atoms with van der Waals surface area (Å²) in [5.74, 6) is 0.468. The highest BCUT2D eigenvalue weighted by Crippen LogP contribution is 2.21. The highest BCUT2D eigenvalue weighted by molar-refractivity contribution is 6.07. The van der Waals surface area contributed by atoms with Crippen LogP contribution >= 0.6 is 0 Å². The molecule has 1 N–H and O–H groups in total. The molecular formula is C18H19N5O. The number of pyridine rings is 1. The normalized spacial score (nSPS) is 10.6. The minimum atomic E-state index is -0.299. The Morgan fingerprint density at radius 1 is 1.04 bits per heavy atom. The van der Waals surface area contributed by atoms with E-state index in [1.165, 1.54) is 6.20 Å². The number of amides is 1. The summed E-state index contributed by atoms with van der Waals surface area (Å²) in [6.07, 6.45) is 4.83. The molecule has 1 aromatic carbocycles. The SMILES string of the molecule is CCN(CC)c1cnc(C(=O)Nc2cccc3cccnc23)cn1. The molecule has 0 aliphatic heterocycles. The molecule has 3 rings (SSSR count). The Morgan fingerprint density at radius 3 is 2.54 bits per heavy atom. The van der Waals surface area contributed by atoms with Gasteiger partial charge in [-0.15, -0.1) is 0 Å². The molecule has 3 aromatic rings. The number of aromatic nitrogens is 3. The number of nitrogens with one attached hydrogen (secondary N) is 1. The molecule has 0 fully saturated rings. The predicted octanol–water partition coefficient (Wildman–Crippen LogP) is 3.12. The molecule has 0 saturated heterocycles. The number of para-hydroxylation sites is 1. The van der Waals surface area contributed by atoms with Gasteiger partial charge in [-0.25, -0.2) is 9.97 Å². The highest BCUT2D eigenvalue weighted by atomic mass is 16.1. The Kier molecular flexibility index (Phi) is 4.65. The lowest BCUT2D eigenvalue weighted by Crippen LogP contribution is -2.23. The van der Waals surface area contributed by atoms with E-state index in [1.807, 2.05) is 30.3 Å². The van der Waals surface area contributed by atoms with Gasteiger partial charge >= 0.3 is 0 Å². The second-order valence-corrected chi connectivity index (χ2v) is 5.27. The van der Waals surface area contributed by atoms with Crippen molar-refractivity contribution in [2.75, 3.05) is 23.3 Å². The lowest BCUT2D eigenvalue weighted by Gasteiger charge is -2.19.